The molecule has 136 valence electrons. The number of carboxylic acid groups (broad SMARTS) is 1. The Morgan fingerprint density at radius 2 is 1.84 bits per heavy atom. The van der Waals surface area contributed by atoms with Crippen LogP contribution in [-0.4, -0.2) is 35.0 Å². The number of rotatable bonds is 10. The number of halogens is 1. The maximum atomic E-state index is 13.0. The number of allylic oxidation sites excluding steroid dienone is 1. The van der Waals surface area contributed by atoms with Crippen LogP contribution in [0.2, 0.25) is 0 Å². The summed E-state index contributed by atoms with van der Waals surface area (Å²) in [6, 6.07) is 3.55. The van der Waals surface area contributed by atoms with E-state index in [0.717, 1.165) is 0 Å². The quantitative estimate of drug-likeness (QED) is 0.443. The van der Waals surface area contributed by atoms with Gasteiger partial charge in [-0.3, -0.25) is 9.59 Å². The zero-order chi connectivity index (χ0) is 18.8. The van der Waals surface area contributed by atoms with Crippen LogP contribution in [0.3, 0.4) is 0 Å². The average Bonchev–Trinajstić information content (AvgIpc) is 2.54. The first-order chi connectivity index (χ1) is 11.8. The number of amides is 2. The molecule has 1 rings (SSSR count). The molecule has 3 N–H and O–H groups in total. The molecule has 1 aromatic carbocycles. The molecule has 0 aliphatic rings. The van der Waals surface area contributed by atoms with E-state index in [4.69, 9.17) is 0 Å². The second-order valence-corrected chi connectivity index (χ2v) is 5.70. The number of carbonyl (C=O) groups is 3. The van der Waals surface area contributed by atoms with E-state index in [0.29, 0.717) is 18.4 Å². The summed E-state index contributed by atoms with van der Waals surface area (Å²) in [4.78, 5) is 35.1. The number of hydrogen-bond acceptors (Lipinski definition) is 3. The van der Waals surface area contributed by atoms with Crippen molar-refractivity contribution in [2.24, 2.45) is 0 Å². The number of nitrogens with one attached hydrogen (secondary N) is 2. The Hall–Kier alpha value is -2.70. The van der Waals surface area contributed by atoms with Gasteiger partial charge in [-0.1, -0.05) is 18.2 Å². The molecule has 0 heterocycles. The number of aliphatic carboxylic acids is 1. The van der Waals surface area contributed by atoms with Crippen LogP contribution in [-0.2, 0) is 20.8 Å². The minimum atomic E-state index is -1.14. The van der Waals surface area contributed by atoms with Crippen LogP contribution in [0, 0.1) is 5.82 Å². The molecule has 0 saturated carbocycles. The lowest BCUT2D eigenvalue weighted by atomic mass is 10.0. The Kier molecular flexibility index (Phi) is 8.32. The van der Waals surface area contributed by atoms with E-state index in [1.807, 2.05) is 0 Å². The first-order valence-electron chi connectivity index (χ1n) is 7.99. The van der Waals surface area contributed by atoms with Crippen molar-refractivity contribution in [3.8, 4) is 0 Å². The fourth-order valence-corrected chi connectivity index (χ4v) is 2.31. The zero-order valence-electron chi connectivity index (χ0n) is 14.1. The third-order valence-corrected chi connectivity index (χ3v) is 3.56. The maximum Gasteiger partial charge on any atom is 0.326 e. The van der Waals surface area contributed by atoms with Gasteiger partial charge in [0.05, 0.1) is 0 Å². The second-order valence-electron chi connectivity index (χ2n) is 5.70. The Morgan fingerprint density at radius 1 is 1.20 bits per heavy atom. The Balaban J connectivity index is 2.79. The number of carboxylic acids is 1. The van der Waals surface area contributed by atoms with Gasteiger partial charge in [-0.15, -0.1) is 6.58 Å². The first kappa shape index (κ1) is 20.3. The largest absolute Gasteiger partial charge is 0.480 e. The number of unbranched alkanes of at least 4 members (excludes halogenated alkanes) is 1. The lowest BCUT2D eigenvalue weighted by Crippen LogP contribution is -2.52. The molecule has 6 nitrogen and oxygen atoms in total. The highest BCUT2D eigenvalue weighted by Gasteiger charge is 2.25. The van der Waals surface area contributed by atoms with Gasteiger partial charge in [-0.2, -0.15) is 0 Å². The highest BCUT2D eigenvalue weighted by atomic mass is 19.1. The summed E-state index contributed by atoms with van der Waals surface area (Å²) in [5, 5.41) is 14.2. The van der Waals surface area contributed by atoms with E-state index >= 15 is 0 Å². The first-order valence-corrected chi connectivity index (χ1v) is 7.99. The van der Waals surface area contributed by atoms with E-state index in [-0.39, 0.29) is 12.8 Å². The number of hydrogen-bond donors (Lipinski definition) is 3. The summed E-state index contributed by atoms with van der Waals surface area (Å²) in [6.07, 6.45) is 3.28. The molecule has 0 spiro atoms. The molecule has 0 unspecified atom stereocenters. The van der Waals surface area contributed by atoms with Gasteiger partial charge in [0.25, 0.3) is 0 Å². The molecule has 0 saturated heterocycles. The predicted octanol–water partition coefficient (Wildman–Crippen LogP) is 1.80. The fourth-order valence-electron chi connectivity index (χ4n) is 2.31. The highest BCUT2D eigenvalue weighted by Crippen LogP contribution is 2.08. The summed E-state index contributed by atoms with van der Waals surface area (Å²) in [5.41, 5.74) is 0.647. The van der Waals surface area contributed by atoms with Crippen molar-refractivity contribution in [3.63, 3.8) is 0 Å². The molecule has 25 heavy (non-hydrogen) atoms. The fraction of sp³-hybridized carbons (Fsp3) is 0.389. The minimum absolute atomic E-state index is 0.130. The van der Waals surface area contributed by atoms with E-state index < -0.39 is 35.7 Å². The smallest absolute Gasteiger partial charge is 0.326 e. The molecule has 1 aromatic rings. The van der Waals surface area contributed by atoms with Crippen LogP contribution in [0.25, 0.3) is 0 Å². The van der Waals surface area contributed by atoms with Gasteiger partial charge in [-0.25, -0.2) is 9.18 Å². The zero-order valence-corrected chi connectivity index (χ0v) is 14.1. The normalized spacial score (nSPS) is 12.7. The van der Waals surface area contributed by atoms with Gasteiger partial charge in [0.15, 0.2) is 0 Å². The maximum absolute atomic E-state index is 13.0. The minimum Gasteiger partial charge on any atom is -0.480 e. The molecular formula is C18H23FN2O4. The van der Waals surface area contributed by atoms with Crippen molar-refractivity contribution in [2.75, 3.05) is 0 Å². The van der Waals surface area contributed by atoms with Crippen LogP contribution >= 0.6 is 0 Å². The molecule has 0 bridgehead atoms. The Labute approximate surface area is 146 Å². The lowest BCUT2D eigenvalue weighted by molar-refractivity contribution is -0.142. The van der Waals surface area contributed by atoms with Gasteiger partial charge in [0.2, 0.25) is 11.8 Å². The number of carbonyl (C=O) groups excluding carboxylic acids is 2. The molecule has 0 aliphatic heterocycles. The number of benzene rings is 1. The topological polar surface area (TPSA) is 95.5 Å². The van der Waals surface area contributed by atoms with E-state index in [1.54, 1.807) is 6.08 Å². The van der Waals surface area contributed by atoms with Gasteiger partial charge in [0, 0.05) is 13.3 Å². The SMILES string of the molecule is C=CCCC[C@@H](NC(=O)[C@@H](Cc1ccc(F)cc1)NC(C)=O)C(=O)O. The van der Waals surface area contributed by atoms with E-state index in [1.165, 1.54) is 31.2 Å². The molecule has 0 aliphatic carbocycles. The highest BCUT2D eigenvalue weighted by molar-refractivity contribution is 5.90. The van der Waals surface area contributed by atoms with Crippen LogP contribution in [0.1, 0.15) is 31.7 Å². The van der Waals surface area contributed by atoms with E-state index in [2.05, 4.69) is 17.2 Å². The standard InChI is InChI=1S/C18H23FN2O4/c1-3-4-5-6-15(18(24)25)21-17(23)16(20-12(2)22)11-13-7-9-14(19)10-8-13/h3,7-10,15-16H,1,4-6,11H2,2H3,(H,20,22)(H,21,23)(H,24,25)/t15-,16-/m1/s1. The molecule has 0 radical (unpaired) electrons. The van der Waals surface area contributed by atoms with Gasteiger partial charge in [-0.05, 0) is 37.0 Å². The molecule has 7 heteroatoms. The van der Waals surface area contributed by atoms with Crippen molar-refractivity contribution < 1.29 is 23.9 Å². The van der Waals surface area contributed by atoms with Crippen LogP contribution < -0.4 is 10.6 Å². The van der Waals surface area contributed by atoms with Crippen LogP contribution in [0.4, 0.5) is 4.39 Å². The van der Waals surface area contributed by atoms with Crippen molar-refractivity contribution >= 4 is 17.8 Å². The molecule has 0 fully saturated rings. The summed E-state index contributed by atoms with van der Waals surface area (Å²) in [5.74, 6) is -2.55. The van der Waals surface area contributed by atoms with Crippen LogP contribution in [0.5, 0.6) is 0 Å². The average molecular weight is 350 g/mol. The Bertz CT molecular complexity index is 616. The Morgan fingerprint density at radius 3 is 2.36 bits per heavy atom. The molecule has 2 atom stereocenters. The summed E-state index contributed by atoms with van der Waals surface area (Å²) >= 11 is 0. The van der Waals surface area contributed by atoms with Gasteiger partial charge in [0.1, 0.15) is 17.9 Å². The third-order valence-electron chi connectivity index (χ3n) is 3.56. The molecule has 0 aromatic heterocycles. The van der Waals surface area contributed by atoms with Crippen molar-refractivity contribution in [2.45, 2.75) is 44.7 Å². The van der Waals surface area contributed by atoms with Gasteiger partial charge < -0.3 is 15.7 Å². The molecular weight excluding hydrogens is 327 g/mol. The predicted molar refractivity (Wildman–Crippen MR) is 91.3 cm³/mol. The second kappa shape index (κ2) is 10.2. The lowest BCUT2D eigenvalue weighted by Gasteiger charge is -2.21. The summed E-state index contributed by atoms with van der Waals surface area (Å²) in [7, 11) is 0. The summed E-state index contributed by atoms with van der Waals surface area (Å²) < 4.78 is 13.0. The molecule has 2 amide bonds. The third kappa shape index (κ3) is 7.60. The van der Waals surface area contributed by atoms with Crippen molar-refractivity contribution in [1.29, 1.82) is 0 Å². The van der Waals surface area contributed by atoms with Gasteiger partial charge >= 0.3 is 5.97 Å². The van der Waals surface area contributed by atoms with E-state index in [9.17, 15) is 23.9 Å². The summed E-state index contributed by atoms with van der Waals surface area (Å²) in [6.45, 7) is 4.84. The monoisotopic (exact) mass is 350 g/mol. The van der Waals surface area contributed by atoms with Crippen molar-refractivity contribution in [3.05, 3.63) is 48.3 Å². The van der Waals surface area contributed by atoms with Crippen LogP contribution in [0.15, 0.2) is 36.9 Å². The van der Waals surface area contributed by atoms with Crippen molar-refractivity contribution in [1.82, 2.24) is 10.6 Å².